The van der Waals surface area contributed by atoms with Crippen LogP contribution in [0.25, 0.3) is 0 Å². The zero-order valence-electron chi connectivity index (χ0n) is 15.8. The van der Waals surface area contributed by atoms with Crippen LogP contribution in [-0.4, -0.2) is 45.5 Å². The average Bonchev–Trinajstić information content (AvgIpc) is 2.68. The molecular weight excluding hydrogens is 364 g/mol. The molecule has 0 bridgehead atoms. The van der Waals surface area contributed by atoms with Gasteiger partial charge in [0.15, 0.2) is 0 Å². The van der Waals surface area contributed by atoms with Gasteiger partial charge in [0.25, 0.3) is 0 Å². The number of piperidine rings is 1. The van der Waals surface area contributed by atoms with Crippen LogP contribution in [0.3, 0.4) is 0 Å². The molecule has 1 atom stereocenters. The molecule has 3 heterocycles. The number of rotatable bonds is 6. The van der Waals surface area contributed by atoms with Gasteiger partial charge in [0.1, 0.15) is 12.1 Å². The summed E-state index contributed by atoms with van der Waals surface area (Å²) in [7, 11) is 0. The van der Waals surface area contributed by atoms with Gasteiger partial charge < -0.3 is 15.0 Å². The van der Waals surface area contributed by atoms with Crippen molar-refractivity contribution in [1.29, 1.82) is 0 Å². The fourth-order valence-electron chi connectivity index (χ4n) is 3.21. The number of carbonyl (C=O) groups excluding carboxylic acids is 1. The van der Waals surface area contributed by atoms with Crippen molar-refractivity contribution in [2.24, 2.45) is 5.92 Å². The van der Waals surface area contributed by atoms with E-state index in [2.05, 4.69) is 20.3 Å². The monoisotopic (exact) mass is 386 g/mol. The second kappa shape index (κ2) is 8.59. The SMILES string of the molecule is CCOC(=O)C1CCCN(c2ncnc(Nc3cc(C)ccn3)c2[N+](=O)[O-])C1. The lowest BCUT2D eigenvalue weighted by atomic mass is 9.98. The number of anilines is 3. The second-order valence-corrected chi connectivity index (χ2v) is 6.53. The van der Waals surface area contributed by atoms with E-state index in [1.54, 1.807) is 24.1 Å². The van der Waals surface area contributed by atoms with Crippen LogP contribution in [0.4, 0.5) is 23.1 Å². The Kier molecular flexibility index (Phi) is 5.97. The Morgan fingerprint density at radius 3 is 2.96 bits per heavy atom. The van der Waals surface area contributed by atoms with Gasteiger partial charge in [-0.15, -0.1) is 0 Å². The Morgan fingerprint density at radius 2 is 2.25 bits per heavy atom. The van der Waals surface area contributed by atoms with E-state index in [4.69, 9.17) is 4.74 Å². The zero-order chi connectivity index (χ0) is 20.1. The highest BCUT2D eigenvalue weighted by molar-refractivity contribution is 5.76. The number of hydrogen-bond donors (Lipinski definition) is 1. The van der Waals surface area contributed by atoms with Gasteiger partial charge in [-0.05, 0) is 44.4 Å². The molecule has 1 aliphatic rings. The molecule has 1 saturated heterocycles. The lowest BCUT2D eigenvalue weighted by Crippen LogP contribution is -2.40. The first-order chi connectivity index (χ1) is 13.5. The van der Waals surface area contributed by atoms with Crippen molar-refractivity contribution < 1.29 is 14.5 Å². The van der Waals surface area contributed by atoms with Gasteiger partial charge >= 0.3 is 11.7 Å². The minimum absolute atomic E-state index is 0.0614. The summed E-state index contributed by atoms with van der Waals surface area (Å²) in [5.74, 6) is 0.0793. The summed E-state index contributed by atoms with van der Waals surface area (Å²) in [5, 5.41) is 14.7. The fourth-order valence-corrected chi connectivity index (χ4v) is 3.21. The molecular formula is C18H22N6O4. The highest BCUT2D eigenvalue weighted by atomic mass is 16.6. The Labute approximate surface area is 162 Å². The maximum Gasteiger partial charge on any atom is 0.353 e. The minimum atomic E-state index is -0.512. The van der Waals surface area contributed by atoms with Gasteiger partial charge in [0.05, 0.1) is 17.4 Å². The van der Waals surface area contributed by atoms with E-state index in [0.29, 0.717) is 38.4 Å². The summed E-state index contributed by atoms with van der Waals surface area (Å²) in [6.07, 6.45) is 4.29. The molecule has 1 unspecified atom stereocenters. The van der Waals surface area contributed by atoms with Crippen LogP contribution in [0.5, 0.6) is 0 Å². The third-order valence-electron chi connectivity index (χ3n) is 4.49. The fraction of sp³-hybridized carbons (Fsp3) is 0.444. The van der Waals surface area contributed by atoms with Crippen molar-refractivity contribution in [3.63, 3.8) is 0 Å². The Hall–Kier alpha value is -3.30. The Balaban J connectivity index is 1.90. The molecule has 0 aliphatic carbocycles. The second-order valence-electron chi connectivity index (χ2n) is 6.53. The number of esters is 1. The largest absolute Gasteiger partial charge is 0.466 e. The summed E-state index contributed by atoms with van der Waals surface area (Å²) >= 11 is 0. The number of pyridine rings is 1. The van der Waals surface area contributed by atoms with Gasteiger partial charge in [0.2, 0.25) is 11.6 Å². The molecule has 3 rings (SSSR count). The van der Waals surface area contributed by atoms with Crippen LogP contribution in [0, 0.1) is 23.0 Å². The summed E-state index contributed by atoms with van der Waals surface area (Å²) < 4.78 is 5.10. The molecule has 2 aromatic heterocycles. The van der Waals surface area contributed by atoms with Crippen LogP contribution < -0.4 is 10.2 Å². The van der Waals surface area contributed by atoms with E-state index in [1.165, 1.54) is 6.33 Å². The third kappa shape index (κ3) is 4.33. The Bertz CT molecular complexity index is 875. The first kappa shape index (κ1) is 19.5. The van der Waals surface area contributed by atoms with Gasteiger partial charge in [-0.1, -0.05) is 0 Å². The van der Waals surface area contributed by atoms with Crippen LogP contribution in [0.2, 0.25) is 0 Å². The Morgan fingerprint density at radius 1 is 1.43 bits per heavy atom. The predicted molar refractivity (Wildman–Crippen MR) is 103 cm³/mol. The number of ether oxygens (including phenoxy) is 1. The van der Waals surface area contributed by atoms with Gasteiger partial charge in [0, 0.05) is 19.3 Å². The molecule has 0 amide bonds. The normalized spacial score (nSPS) is 16.5. The van der Waals surface area contributed by atoms with Crippen molar-refractivity contribution in [3.8, 4) is 0 Å². The lowest BCUT2D eigenvalue weighted by molar-refractivity contribution is -0.383. The molecule has 1 aliphatic heterocycles. The van der Waals surface area contributed by atoms with E-state index in [9.17, 15) is 14.9 Å². The van der Waals surface area contributed by atoms with Crippen LogP contribution in [0.15, 0.2) is 24.7 Å². The number of aromatic nitrogens is 3. The summed E-state index contributed by atoms with van der Waals surface area (Å²) in [6, 6.07) is 3.59. The summed E-state index contributed by atoms with van der Waals surface area (Å²) in [6.45, 7) is 4.84. The molecule has 28 heavy (non-hydrogen) atoms. The number of nitrogens with zero attached hydrogens (tertiary/aromatic N) is 5. The molecule has 0 aromatic carbocycles. The third-order valence-corrected chi connectivity index (χ3v) is 4.49. The van der Waals surface area contributed by atoms with Crippen molar-refractivity contribution in [2.75, 3.05) is 29.9 Å². The molecule has 10 heteroatoms. The molecule has 1 N–H and O–H groups in total. The quantitative estimate of drug-likeness (QED) is 0.453. The van der Waals surface area contributed by atoms with E-state index in [1.807, 2.05) is 13.0 Å². The number of nitro groups is 1. The number of nitrogens with one attached hydrogen (secondary N) is 1. The van der Waals surface area contributed by atoms with E-state index < -0.39 is 4.92 Å². The van der Waals surface area contributed by atoms with Crippen molar-refractivity contribution in [2.45, 2.75) is 26.7 Å². The number of aryl methyl sites for hydroxylation is 1. The van der Waals surface area contributed by atoms with Crippen LogP contribution >= 0.6 is 0 Å². The number of hydrogen-bond acceptors (Lipinski definition) is 9. The standard InChI is InChI=1S/C18H22N6O4/c1-3-28-18(25)13-5-4-8-23(10-13)17-15(24(26)27)16(20-11-21-17)22-14-9-12(2)6-7-19-14/h6-7,9,11,13H,3-5,8,10H2,1-2H3,(H,19,20,21,22). The molecule has 1 fully saturated rings. The maximum absolute atomic E-state index is 12.1. The molecule has 0 spiro atoms. The van der Waals surface area contributed by atoms with E-state index in [-0.39, 0.29) is 29.2 Å². The zero-order valence-corrected chi connectivity index (χ0v) is 15.8. The van der Waals surface area contributed by atoms with Crippen LogP contribution in [-0.2, 0) is 9.53 Å². The van der Waals surface area contributed by atoms with Crippen LogP contribution in [0.1, 0.15) is 25.3 Å². The van der Waals surface area contributed by atoms with Crippen molar-refractivity contribution in [3.05, 3.63) is 40.3 Å². The molecule has 0 saturated carbocycles. The predicted octanol–water partition coefficient (Wildman–Crippen LogP) is 2.61. The van der Waals surface area contributed by atoms with Gasteiger partial charge in [-0.2, -0.15) is 0 Å². The molecule has 2 aromatic rings. The average molecular weight is 386 g/mol. The molecule has 148 valence electrons. The summed E-state index contributed by atoms with van der Waals surface area (Å²) in [5.41, 5.74) is 0.720. The van der Waals surface area contributed by atoms with Crippen molar-refractivity contribution in [1.82, 2.24) is 15.0 Å². The first-order valence-corrected chi connectivity index (χ1v) is 9.10. The van der Waals surface area contributed by atoms with Gasteiger partial charge in [-0.25, -0.2) is 15.0 Å². The van der Waals surface area contributed by atoms with Gasteiger partial charge in [-0.3, -0.25) is 14.9 Å². The minimum Gasteiger partial charge on any atom is -0.466 e. The number of carbonyl (C=O) groups is 1. The lowest BCUT2D eigenvalue weighted by Gasteiger charge is -2.32. The summed E-state index contributed by atoms with van der Waals surface area (Å²) in [4.78, 5) is 37.5. The smallest absolute Gasteiger partial charge is 0.353 e. The molecule has 10 nitrogen and oxygen atoms in total. The molecule has 0 radical (unpaired) electrons. The highest BCUT2D eigenvalue weighted by Crippen LogP contribution is 2.35. The van der Waals surface area contributed by atoms with Crippen molar-refractivity contribution >= 4 is 29.1 Å². The van der Waals surface area contributed by atoms with E-state index >= 15 is 0 Å². The maximum atomic E-state index is 12.1. The van der Waals surface area contributed by atoms with E-state index in [0.717, 1.165) is 5.56 Å². The topological polar surface area (TPSA) is 123 Å². The first-order valence-electron chi connectivity index (χ1n) is 9.10. The highest BCUT2D eigenvalue weighted by Gasteiger charge is 2.33.